The second-order valence-electron chi connectivity index (χ2n) is 5.47. The number of benzene rings is 2. The lowest BCUT2D eigenvalue weighted by Gasteiger charge is -2.14. The van der Waals surface area contributed by atoms with Crippen molar-refractivity contribution >= 4 is 27.7 Å². The van der Waals surface area contributed by atoms with Crippen LogP contribution in [0.4, 0.5) is 0 Å². The zero-order chi connectivity index (χ0) is 15.4. The SMILES string of the molecule is CCC(N)Cc1ccc(Br)cc1Sc1ccc(C)c(C)c1. The molecule has 0 spiro atoms. The van der Waals surface area contributed by atoms with E-state index in [2.05, 4.69) is 73.1 Å². The molecule has 0 fully saturated rings. The van der Waals surface area contributed by atoms with Crippen LogP contribution in [0.15, 0.2) is 50.7 Å². The van der Waals surface area contributed by atoms with Gasteiger partial charge >= 0.3 is 0 Å². The van der Waals surface area contributed by atoms with Gasteiger partial charge in [0.15, 0.2) is 0 Å². The van der Waals surface area contributed by atoms with E-state index in [4.69, 9.17) is 5.73 Å². The van der Waals surface area contributed by atoms with Crippen molar-refractivity contribution in [3.05, 3.63) is 57.6 Å². The maximum Gasteiger partial charge on any atom is 0.0186 e. The van der Waals surface area contributed by atoms with E-state index >= 15 is 0 Å². The summed E-state index contributed by atoms with van der Waals surface area (Å²) in [6.45, 7) is 6.45. The Hall–Kier alpha value is -0.770. The van der Waals surface area contributed by atoms with Gasteiger partial charge in [0.2, 0.25) is 0 Å². The molecule has 0 saturated carbocycles. The van der Waals surface area contributed by atoms with Crippen LogP contribution in [0.1, 0.15) is 30.0 Å². The molecule has 2 N–H and O–H groups in total. The molecule has 0 bridgehead atoms. The van der Waals surface area contributed by atoms with E-state index in [1.165, 1.54) is 26.5 Å². The monoisotopic (exact) mass is 363 g/mol. The van der Waals surface area contributed by atoms with E-state index < -0.39 is 0 Å². The summed E-state index contributed by atoms with van der Waals surface area (Å²) in [5, 5.41) is 0. The minimum absolute atomic E-state index is 0.227. The smallest absolute Gasteiger partial charge is 0.0186 e. The molecule has 112 valence electrons. The summed E-state index contributed by atoms with van der Waals surface area (Å²) in [4.78, 5) is 2.57. The highest BCUT2D eigenvalue weighted by Gasteiger charge is 2.09. The molecule has 0 amide bonds. The fourth-order valence-corrected chi connectivity index (χ4v) is 3.73. The predicted molar refractivity (Wildman–Crippen MR) is 96.2 cm³/mol. The number of nitrogens with two attached hydrogens (primary N) is 1. The van der Waals surface area contributed by atoms with Crippen LogP contribution >= 0.6 is 27.7 Å². The second kappa shape index (κ2) is 7.48. The van der Waals surface area contributed by atoms with Crippen LogP contribution in [0.5, 0.6) is 0 Å². The summed E-state index contributed by atoms with van der Waals surface area (Å²) in [6, 6.07) is 13.3. The van der Waals surface area contributed by atoms with Gasteiger partial charge in [0, 0.05) is 20.3 Å². The minimum Gasteiger partial charge on any atom is -0.327 e. The standard InChI is InChI=1S/C18H22BrNS/c1-4-16(20)10-14-6-7-15(19)11-18(14)21-17-8-5-12(2)13(3)9-17/h5-9,11,16H,4,10,20H2,1-3H3. The Morgan fingerprint density at radius 2 is 1.86 bits per heavy atom. The maximum absolute atomic E-state index is 6.13. The summed E-state index contributed by atoms with van der Waals surface area (Å²) in [5.41, 5.74) is 10.1. The van der Waals surface area contributed by atoms with Crippen LogP contribution in [-0.4, -0.2) is 6.04 Å². The van der Waals surface area contributed by atoms with Crippen LogP contribution in [0.3, 0.4) is 0 Å². The maximum atomic E-state index is 6.13. The fraction of sp³-hybridized carbons (Fsp3) is 0.333. The first-order valence-corrected chi connectivity index (χ1v) is 8.89. The fourth-order valence-electron chi connectivity index (χ4n) is 2.12. The molecule has 0 aliphatic carbocycles. The lowest BCUT2D eigenvalue weighted by Crippen LogP contribution is -2.21. The Morgan fingerprint density at radius 1 is 1.10 bits per heavy atom. The molecule has 0 radical (unpaired) electrons. The van der Waals surface area contributed by atoms with Gasteiger partial charge in [-0.05, 0) is 67.6 Å². The van der Waals surface area contributed by atoms with Crippen molar-refractivity contribution in [1.29, 1.82) is 0 Å². The third kappa shape index (κ3) is 4.60. The Labute approximate surface area is 140 Å². The molecular formula is C18H22BrNS. The lowest BCUT2D eigenvalue weighted by molar-refractivity contribution is 0.641. The second-order valence-corrected chi connectivity index (χ2v) is 7.50. The van der Waals surface area contributed by atoms with Crippen LogP contribution in [-0.2, 0) is 6.42 Å². The van der Waals surface area contributed by atoms with Gasteiger partial charge in [-0.2, -0.15) is 0 Å². The molecule has 1 nitrogen and oxygen atoms in total. The zero-order valence-electron chi connectivity index (χ0n) is 12.8. The molecule has 1 unspecified atom stereocenters. The topological polar surface area (TPSA) is 26.0 Å². The molecule has 0 aromatic heterocycles. The van der Waals surface area contributed by atoms with Crippen molar-refractivity contribution in [2.75, 3.05) is 0 Å². The Kier molecular flexibility index (Phi) is 5.91. The molecule has 2 rings (SSSR count). The third-order valence-electron chi connectivity index (χ3n) is 3.74. The van der Waals surface area contributed by atoms with Crippen LogP contribution in [0, 0.1) is 13.8 Å². The van der Waals surface area contributed by atoms with Crippen molar-refractivity contribution in [3.8, 4) is 0 Å². The Bertz CT molecular complexity index is 625. The van der Waals surface area contributed by atoms with Crippen molar-refractivity contribution in [2.45, 2.75) is 49.4 Å². The number of aryl methyl sites for hydroxylation is 2. The van der Waals surface area contributed by atoms with Gasteiger partial charge in [-0.15, -0.1) is 0 Å². The first kappa shape index (κ1) is 16.6. The predicted octanol–water partition coefficient (Wildman–Crippen LogP) is 5.50. The van der Waals surface area contributed by atoms with E-state index in [1.807, 2.05) is 11.8 Å². The van der Waals surface area contributed by atoms with E-state index in [0.29, 0.717) is 0 Å². The molecule has 2 aromatic carbocycles. The minimum atomic E-state index is 0.227. The van der Waals surface area contributed by atoms with Crippen molar-refractivity contribution in [2.24, 2.45) is 5.73 Å². The molecule has 0 aliphatic heterocycles. The summed E-state index contributed by atoms with van der Waals surface area (Å²) < 4.78 is 1.11. The molecule has 0 aliphatic rings. The zero-order valence-corrected chi connectivity index (χ0v) is 15.2. The Morgan fingerprint density at radius 3 is 2.52 bits per heavy atom. The number of hydrogen-bond acceptors (Lipinski definition) is 2. The highest BCUT2D eigenvalue weighted by molar-refractivity contribution is 9.10. The molecule has 0 heterocycles. The molecule has 21 heavy (non-hydrogen) atoms. The van der Waals surface area contributed by atoms with Crippen molar-refractivity contribution in [3.63, 3.8) is 0 Å². The number of halogens is 1. The van der Waals surface area contributed by atoms with Gasteiger partial charge in [0.25, 0.3) is 0 Å². The first-order chi connectivity index (χ1) is 9.99. The third-order valence-corrected chi connectivity index (χ3v) is 5.32. The normalized spacial score (nSPS) is 12.4. The van der Waals surface area contributed by atoms with Gasteiger partial charge in [-0.3, -0.25) is 0 Å². The average Bonchev–Trinajstić information content (AvgIpc) is 2.45. The molecule has 2 aromatic rings. The van der Waals surface area contributed by atoms with E-state index in [0.717, 1.165) is 17.3 Å². The summed E-state index contributed by atoms with van der Waals surface area (Å²) in [7, 11) is 0. The van der Waals surface area contributed by atoms with E-state index in [-0.39, 0.29) is 6.04 Å². The summed E-state index contributed by atoms with van der Waals surface area (Å²) in [5.74, 6) is 0. The van der Waals surface area contributed by atoms with Gasteiger partial charge in [-0.1, -0.05) is 46.7 Å². The Balaban J connectivity index is 2.28. The number of hydrogen-bond donors (Lipinski definition) is 1. The van der Waals surface area contributed by atoms with Crippen LogP contribution in [0.25, 0.3) is 0 Å². The van der Waals surface area contributed by atoms with Crippen molar-refractivity contribution in [1.82, 2.24) is 0 Å². The molecule has 0 saturated heterocycles. The first-order valence-electron chi connectivity index (χ1n) is 7.28. The molecule has 3 heteroatoms. The molecule has 1 atom stereocenters. The van der Waals surface area contributed by atoms with Gasteiger partial charge in [0.1, 0.15) is 0 Å². The van der Waals surface area contributed by atoms with Gasteiger partial charge in [0.05, 0.1) is 0 Å². The van der Waals surface area contributed by atoms with Crippen molar-refractivity contribution < 1.29 is 0 Å². The van der Waals surface area contributed by atoms with E-state index in [9.17, 15) is 0 Å². The van der Waals surface area contributed by atoms with Crippen LogP contribution in [0.2, 0.25) is 0 Å². The van der Waals surface area contributed by atoms with Crippen LogP contribution < -0.4 is 5.73 Å². The van der Waals surface area contributed by atoms with Gasteiger partial charge < -0.3 is 5.73 Å². The summed E-state index contributed by atoms with van der Waals surface area (Å²) in [6.07, 6.45) is 1.93. The number of rotatable bonds is 5. The summed E-state index contributed by atoms with van der Waals surface area (Å²) >= 11 is 5.39. The lowest BCUT2D eigenvalue weighted by atomic mass is 10.1. The largest absolute Gasteiger partial charge is 0.327 e. The average molecular weight is 364 g/mol. The highest BCUT2D eigenvalue weighted by atomic mass is 79.9. The molecular weight excluding hydrogens is 342 g/mol. The van der Waals surface area contributed by atoms with E-state index in [1.54, 1.807) is 0 Å². The quantitative estimate of drug-likeness (QED) is 0.758. The highest BCUT2D eigenvalue weighted by Crippen LogP contribution is 2.34. The van der Waals surface area contributed by atoms with Gasteiger partial charge in [-0.25, -0.2) is 0 Å².